The van der Waals surface area contributed by atoms with Gasteiger partial charge in [-0.25, -0.2) is 0 Å². The Kier molecular flexibility index (Phi) is 4.23. The first-order valence-electron chi connectivity index (χ1n) is 8.60. The van der Waals surface area contributed by atoms with E-state index in [1.165, 1.54) is 4.90 Å². The van der Waals surface area contributed by atoms with E-state index >= 15 is 0 Å². The van der Waals surface area contributed by atoms with Crippen molar-refractivity contribution in [3.63, 3.8) is 0 Å². The van der Waals surface area contributed by atoms with Crippen LogP contribution in [0.2, 0.25) is 0 Å². The number of imide groups is 1. The molecule has 26 heavy (non-hydrogen) atoms. The molecule has 1 aliphatic heterocycles. The van der Waals surface area contributed by atoms with Crippen LogP contribution in [0.5, 0.6) is 0 Å². The third kappa shape index (κ3) is 2.97. The number of nitrogens with zero attached hydrogens (tertiary/aromatic N) is 2. The van der Waals surface area contributed by atoms with Crippen LogP contribution < -0.4 is 9.80 Å². The van der Waals surface area contributed by atoms with Crippen molar-refractivity contribution in [3.8, 4) is 0 Å². The summed E-state index contributed by atoms with van der Waals surface area (Å²) in [7, 11) is 0. The molecule has 1 saturated heterocycles. The molecule has 0 N–H and O–H groups in total. The number of rotatable bonds is 4. The Morgan fingerprint density at radius 3 is 1.46 bits per heavy atom. The number of hydrogen-bond donors (Lipinski definition) is 0. The van der Waals surface area contributed by atoms with Crippen LogP contribution in [0.15, 0.2) is 84.9 Å². The first kappa shape index (κ1) is 16.1. The predicted molar refractivity (Wildman–Crippen MR) is 103 cm³/mol. The summed E-state index contributed by atoms with van der Waals surface area (Å²) < 4.78 is 0. The molecule has 4 rings (SSSR count). The molecular formula is C22H18N2O2. The molecule has 2 amide bonds. The van der Waals surface area contributed by atoms with Gasteiger partial charge in [0.15, 0.2) is 0 Å². The molecular weight excluding hydrogens is 324 g/mol. The number of carbonyl (C=O) groups is 2. The lowest BCUT2D eigenvalue weighted by atomic mass is 10.2. The summed E-state index contributed by atoms with van der Waals surface area (Å²) in [5.41, 5.74) is 3.67. The lowest BCUT2D eigenvalue weighted by molar-refractivity contribution is -0.121. The van der Waals surface area contributed by atoms with Crippen molar-refractivity contribution in [2.24, 2.45) is 0 Å². The fraction of sp³-hybridized carbons (Fsp3) is 0.0909. The van der Waals surface area contributed by atoms with Gasteiger partial charge in [0.2, 0.25) is 11.8 Å². The summed E-state index contributed by atoms with van der Waals surface area (Å²) in [5.74, 6) is -0.267. The number of benzene rings is 3. The van der Waals surface area contributed by atoms with Crippen LogP contribution in [0.4, 0.5) is 22.7 Å². The molecule has 0 unspecified atom stereocenters. The Morgan fingerprint density at radius 2 is 1.00 bits per heavy atom. The zero-order valence-electron chi connectivity index (χ0n) is 14.2. The second-order valence-corrected chi connectivity index (χ2v) is 6.15. The molecule has 1 fully saturated rings. The highest BCUT2D eigenvalue weighted by atomic mass is 16.2. The summed E-state index contributed by atoms with van der Waals surface area (Å²) in [6.45, 7) is 0. The first-order valence-corrected chi connectivity index (χ1v) is 8.60. The maximum Gasteiger partial charge on any atom is 0.234 e. The quantitative estimate of drug-likeness (QED) is 0.639. The van der Waals surface area contributed by atoms with E-state index in [-0.39, 0.29) is 11.8 Å². The van der Waals surface area contributed by atoms with Crippen molar-refractivity contribution in [1.82, 2.24) is 0 Å². The van der Waals surface area contributed by atoms with Crippen LogP contribution in [-0.4, -0.2) is 11.8 Å². The fourth-order valence-electron chi connectivity index (χ4n) is 3.22. The second-order valence-electron chi connectivity index (χ2n) is 6.15. The minimum absolute atomic E-state index is 0.134. The minimum Gasteiger partial charge on any atom is -0.311 e. The lowest BCUT2D eigenvalue weighted by Gasteiger charge is -2.26. The molecule has 128 valence electrons. The molecule has 4 heteroatoms. The molecule has 4 nitrogen and oxygen atoms in total. The smallest absolute Gasteiger partial charge is 0.234 e. The first-order chi connectivity index (χ1) is 12.7. The predicted octanol–water partition coefficient (Wildman–Crippen LogP) is 4.81. The molecule has 0 aromatic heterocycles. The van der Waals surface area contributed by atoms with Crippen LogP contribution in [0.1, 0.15) is 12.8 Å². The summed E-state index contributed by atoms with van der Waals surface area (Å²) in [6, 6.07) is 27.7. The van der Waals surface area contributed by atoms with Gasteiger partial charge in [-0.1, -0.05) is 36.4 Å². The Bertz CT molecular complexity index is 866. The standard InChI is InChI=1S/C22H18N2O2/c25-21-15-16-22(26)24(21)20-13-11-19(12-14-20)23(17-7-3-1-4-8-17)18-9-5-2-6-10-18/h1-14H,15-16H2. The van der Waals surface area contributed by atoms with Gasteiger partial charge in [-0.3, -0.25) is 14.5 Å². The fourth-order valence-corrected chi connectivity index (χ4v) is 3.22. The van der Waals surface area contributed by atoms with Gasteiger partial charge in [-0.05, 0) is 48.5 Å². The highest BCUT2D eigenvalue weighted by Gasteiger charge is 2.30. The molecule has 1 heterocycles. The maximum atomic E-state index is 11.9. The van der Waals surface area contributed by atoms with Crippen molar-refractivity contribution in [3.05, 3.63) is 84.9 Å². The summed E-state index contributed by atoms with van der Waals surface area (Å²) in [6.07, 6.45) is 0.585. The van der Waals surface area contributed by atoms with Crippen LogP contribution in [0.3, 0.4) is 0 Å². The summed E-state index contributed by atoms with van der Waals surface area (Å²) in [5, 5.41) is 0. The average molecular weight is 342 g/mol. The van der Waals surface area contributed by atoms with Gasteiger partial charge in [-0.2, -0.15) is 0 Å². The molecule has 0 atom stereocenters. The van der Waals surface area contributed by atoms with E-state index in [1.54, 1.807) is 0 Å². The third-order valence-corrected chi connectivity index (χ3v) is 4.45. The van der Waals surface area contributed by atoms with Crippen molar-refractivity contribution < 1.29 is 9.59 Å². The SMILES string of the molecule is O=C1CCC(=O)N1c1ccc(N(c2ccccc2)c2ccccc2)cc1. The van der Waals surface area contributed by atoms with Gasteiger partial charge in [0.1, 0.15) is 0 Å². The highest BCUT2D eigenvalue weighted by molar-refractivity contribution is 6.19. The second kappa shape index (κ2) is 6.84. The molecule has 3 aromatic carbocycles. The lowest BCUT2D eigenvalue weighted by Crippen LogP contribution is -2.28. The number of para-hydroxylation sites is 2. The van der Waals surface area contributed by atoms with E-state index in [0.29, 0.717) is 18.5 Å². The number of hydrogen-bond acceptors (Lipinski definition) is 3. The van der Waals surface area contributed by atoms with E-state index in [9.17, 15) is 9.59 Å². The van der Waals surface area contributed by atoms with E-state index < -0.39 is 0 Å². The molecule has 0 spiro atoms. The van der Waals surface area contributed by atoms with Gasteiger partial charge in [0.25, 0.3) is 0 Å². The van der Waals surface area contributed by atoms with Crippen LogP contribution in [-0.2, 0) is 9.59 Å². The van der Waals surface area contributed by atoms with E-state index in [2.05, 4.69) is 29.2 Å². The summed E-state index contributed by atoms with van der Waals surface area (Å²) in [4.78, 5) is 27.3. The van der Waals surface area contributed by atoms with Crippen molar-refractivity contribution in [2.45, 2.75) is 12.8 Å². The molecule has 0 saturated carbocycles. The normalized spacial score (nSPS) is 13.9. The Balaban J connectivity index is 1.73. The molecule has 1 aliphatic rings. The Labute approximate surface area is 152 Å². The van der Waals surface area contributed by atoms with Crippen LogP contribution >= 0.6 is 0 Å². The topological polar surface area (TPSA) is 40.6 Å². The average Bonchev–Trinajstić information content (AvgIpc) is 3.03. The number of anilines is 4. The molecule has 0 radical (unpaired) electrons. The van der Waals surface area contributed by atoms with E-state index in [1.807, 2.05) is 60.7 Å². The summed E-state index contributed by atoms with van der Waals surface area (Å²) >= 11 is 0. The molecule has 3 aromatic rings. The van der Waals surface area contributed by atoms with Gasteiger partial charge in [-0.15, -0.1) is 0 Å². The van der Waals surface area contributed by atoms with Crippen molar-refractivity contribution >= 4 is 34.6 Å². The zero-order valence-corrected chi connectivity index (χ0v) is 14.2. The maximum absolute atomic E-state index is 11.9. The monoisotopic (exact) mass is 342 g/mol. The Morgan fingerprint density at radius 1 is 0.577 bits per heavy atom. The van der Waals surface area contributed by atoms with Crippen LogP contribution in [0.25, 0.3) is 0 Å². The Hall–Kier alpha value is -3.40. The zero-order chi connectivity index (χ0) is 17.9. The number of amides is 2. The van der Waals surface area contributed by atoms with Crippen molar-refractivity contribution in [2.75, 3.05) is 9.80 Å². The minimum atomic E-state index is -0.134. The van der Waals surface area contributed by atoms with Crippen LogP contribution in [0, 0.1) is 0 Å². The van der Waals surface area contributed by atoms with Gasteiger partial charge in [0.05, 0.1) is 5.69 Å². The largest absolute Gasteiger partial charge is 0.311 e. The van der Waals surface area contributed by atoms with Gasteiger partial charge >= 0.3 is 0 Å². The van der Waals surface area contributed by atoms with E-state index in [0.717, 1.165) is 17.1 Å². The third-order valence-electron chi connectivity index (χ3n) is 4.45. The number of carbonyl (C=O) groups excluding carboxylic acids is 2. The highest BCUT2D eigenvalue weighted by Crippen LogP contribution is 2.35. The van der Waals surface area contributed by atoms with Gasteiger partial charge in [0, 0.05) is 29.9 Å². The van der Waals surface area contributed by atoms with E-state index in [4.69, 9.17) is 0 Å². The molecule has 0 bridgehead atoms. The van der Waals surface area contributed by atoms with Crippen molar-refractivity contribution in [1.29, 1.82) is 0 Å². The molecule has 0 aliphatic carbocycles. The van der Waals surface area contributed by atoms with Gasteiger partial charge < -0.3 is 4.90 Å².